The number of nitrogens with two attached hydrogens (primary N) is 1. The number of nitrogens with zero attached hydrogens (tertiary/aromatic N) is 1. The van der Waals surface area contributed by atoms with Gasteiger partial charge in [-0.05, 0) is 49.5 Å². The van der Waals surface area contributed by atoms with Crippen LogP contribution in [0.5, 0.6) is 5.75 Å². The summed E-state index contributed by atoms with van der Waals surface area (Å²) in [6.07, 6.45) is 4.80. The van der Waals surface area contributed by atoms with Crippen LogP contribution in [0, 0.1) is 5.92 Å². The Balaban J connectivity index is 1.81. The molecule has 1 fully saturated rings. The minimum atomic E-state index is 0.607. The van der Waals surface area contributed by atoms with Crippen LogP contribution in [-0.2, 0) is 13.0 Å². The van der Waals surface area contributed by atoms with Crippen LogP contribution < -0.4 is 10.5 Å². The van der Waals surface area contributed by atoms with Crippen molar-refractivity contribution in [2.45, 2.75) is 45.2 Å². The molecule has 4 heteroatoms. The second-order valence-electron chi connectivity index (χ2n) is 6.21. The first-order valence-electron chi connectivity index (χ1n) is 8.11. The van der Waals surface area contributed by atoms with Gasteiger partial charge >= 0.3 is 0 Å². The summed E-state index contributed by atoms with van der Waals surface area (Å²) in [5.41, 5.74) is 8.45. The van der Waals surface area contributed by atoms with E-state index in [2.05, 4.69) is 17.9 Å². The maximum atomic E-state index is 6.28. The van der Waals surface area contributed by atoms with Gasteiger partial charge in [0.2, 0.25) is 0 Å². The summed E-state index contributed by atoms with van der Waals surface area (Å²) in [5, 5.41) is 0.826. The Kier molecular flexibility index (Phi) is 4.72. The highest BCUT2D eigenvalue weighted by molar-refractivity contribution is 6.30. The van der Waals surface area contributed by atoms with E-state index in [1.807, 2.05) is 6.07 Å². The van der Waals surface area contributed by atoms with Crippen LogP contribution in [0.25, 0.3) is 0 Å². The molecule has 1 saturated carbocycles. The first kappa shape index (κ1) is 15.1. The third kappa shape index (κ3) is 3.05. The van der Waals surface area contributed by atoms with Crippen molar-refractivity contribution in [1.82, 2.24) is 4.90 Å². The molecule has 1 heterocycles. The van der Waals surface area contributed by atoms with Crippen molar-refractivity contribution in [1.29, 1.82) is 0 Å². The van der Waals surface area contributed by atoms with E-state index in [4.69, 9.17) is 22.1 Å². The lowest BCUT2D eigenvalue weighted by Gasteiger charge is -2.32. The zero-order valence-corrected chi connectivity index (χ0v) is 13.5. The first-order valence-corrected chi connectivity index (χ1v) is 8.49. The van der Waals surface area contributed by atoms with Crippen LogP contribution in [0.2, 0.25) is 5.02 Å². The zero-order chi connectivity index (χ0) is 14.8. The molecule has 116 valence electrons. The van der Waals surface area contributed by atoms with Gasteiger partial charge in [-0.25, -0.2) is 0 Å². The Bertz CT molecular complexity index is 506. The summed E-state index contributed by atoms with van der Waals surface area (Å²) >= 11 is 6.28. The molecule has 2 N–H and O–H groups in total. The Labute approximate surface area is 132 Å². The molecule has 1 aliphatic carbocycles. The van der Waals surface area contributed by atoms with Crippen molar-refractivity contribution >= 4 is 11.6 Å². The molecular weight excluding hydrogens is 284 g/mol. The maximum absolute atomic E-state index is 6.28. The summed E-state index contributed by atoms with van der Waals surface area (Å²) in [7, 11) is 0. The second kappa shape index (κ2) is 6.55. The molecule has 1 aromatic rings. The molecule has 1 aliphatic heterocycles. The Morgan fingerprint density at radius 1 is 1.38 bits per heavy atom. The molecule has 0 amide bonds. The van der Waals surface area contributed by atoms with Crippen molar-refractivity contribution in [3.05, 3.63) is 28.3 Å². The van der Waals surface area contributed by atoms with Crippen molar-refractivity contribution in [2.24, 2.45) is 11.7 Å². The molecule has 21 heavy (non-hydrogen) atoms. The van der Waals surface area contributed by atoms with Gasteiger partial charge in [-0.1, -0.05) is 24.9 Å². The number of hydrogen-bond donors (Lipinski definition) is 1. The number of halogens is 1. The van der Waals surface area contributed by atoms with Crippen LogP contribution >= 0.6 is 11.6 Å². The smallest absolute Gasteiger partial charge is 0.127 e. The third-order valence-electron chi connectivity index (χ3n) is 5.00. The Hall–Kier alpha value is -0.770. The number of benzene rings is 1. The zero-order valence-electron chi connectivity index (χ0n) is 12.8. The van der Waals surface area contributed by atoms with Crippen molar-refractivity contribution in [3.8, 4) is 5.75 Å². The first-order chi connectivity index (χ1) is 10.2. The summed E-state index contributed by atoms with van der Waals surface area (Å²) in [4.78, 5) is 2.55. The van der Waals surface area contributed by atoms with Crippen LogP contribution in [0.15, 0.2) is 12.1 Å². The van der Waals surface area contributed by atoms with E-state index in [1.54, 1.807) is 0 Å². The largest absolute Gasteiger partial charge is 0.493 e. The highest BCUT2D eigenvalue weighted by Crippen LogP contribution is 2.36. The van der Waals surface area contributed by atoms with Gasteiger partial charge < -0.3 is 10.5 Å². The molecule has 0 saturated heterocycles. The van der Waals surface area contributed by atoms with E-state index in [0.29, 0.717) is 12.0 Å². The fourth-order valence-corrected chi connectivity index (χ4v) is 4.18. The van der Waals surface area contributed by atoms with Crippen molar-refractivity contribution in [3.63, 3.8) is 0 Å². The van der Waals surface area contributed by atoms with E-state index in [9.17, 15) is 0 Å². The van der Waals surface area contributed by atoms with E-state index in [0.717, 1.165) is 43.4 Å². The summed E-state index contributed by atoms with van der Waals surface area (Å²) < 4.78 is 5.84. The van der Waals surface area contributed by atoms with Gasteiger partial charge in [0, 0.05) is 29.6 Å². The highest BCUT2D eigenvalue weighted by Gasteiger charge is 2.31. The van der Waals surface area contributed by atoms with Crippen LogP contribution in [-0.4, -0.2) is 30.6 Å². The Morgan fingerprint density at radius 3 is 3.00 bits per heavy atom. The Morgan fingerprint density at radius 2 is 2.24 bits per heavy atom. The standard InChI is InChI=1S/C17H25ClN2O/c1-2-20(16-5-3-4-13(16)10-19)11-14-9-15(18)8-12-6-7-21-17(12)14/h8-9,13,16H,2-7,10-11,19H2,1H3. The summed E-state index contributed by atoms with van der Waals surface area (Å²) in [6.45, 7) is 5.77. The molecule has 2 atom stereocenters. The molecule has 2 aliphatic rings. The average molecular weight is 309 g/mol. The summed E-state index contributed by atoms with van der Waals surface area (Å²) in [6, 6.07) is 4.72. The minimum absolute atomic E-state index is 0.607. The topological polar surface area (TPSA) is 38.5 Å². The highest BCUT2D eigenvalue weighted by atomic mass is 35.5. The normalized spacial score (nSPS) is 24.4. The molecule has 0 spiro atoms. The average Bonchev–Trinajstić information content (AvgIpc) is 3.12. The molecule has 0 aromatic heterocycles. The van der Waals surface area contributed by atoms with Gasteiger partial charge in [0.05, 0.1) is 6.61 Å². The quantitative estimate of drug-likeness (QED) is 0.907. The lowest BCUT2D eigenvalue weighted by Crippen LogP contribution is -2.39. The lowest BCUT2D eigenvalue weighted by atomic mass is 10.0. The number of rotatable bonds is 5. The molecule has 0 bridgehead atoms. The molecule has 2 unspecified atom stereocenters. The minimum Gasteiger partial charge on any atom is -0.493 e. The molecular formula is C17H25ClN2O. The van der Waals surface area contributed by atoms with Crippen LogP contribution in [0.4, 0.5) is 0 Å². The van der Waals surface area contributed by atoms with E-state index >= 15 is 0 Å². The van der Waals surface area contributed by atoms with Gasteiger partial charge in [-0.2, -0.15) is 0 Å². The molecule has 0 radical (unpaired) electrons. The second-order valence-corrected chi connectivity index (χ2v) is 6.65. The molecule has 3 rings (SSSR count). The monoisotopic (exact) mass is 308 g/mol. The fraction of sp³-hybridized carbons (Fsp3) is 0.647. The van der Waals surface area contributed by atoms with Gasteiger partial charge in [0.15, 0.2) is 0 Å². The van der Waals surface area contributed by atoms with Gasteiger partial charge in [-0.15, -0.1) is 0 Å². The lowest BCUT2D eigenvalue weighted by molar-refractivity contribution is 0.160. The summed E-state index contributed by atoms with van der Waals surface area (Å²) in [5.74, 6) is 1.71. The van der Waals surface area contributed by atoms with Crippen LogP contribution in [0.1, 0.15) is 37.3 Å². The fourth-order valence-electron chi connectivity index (χ4n) is 3.92. The van der Waals surface area contributed by atoms with Crippen LogP contribution in [0.3, 0.4) is 0 Å². The van der Waals surface area contributed by atoms with Gasteiger partial charge in [0.25, 0.3) is 0 Å². The molecule has 1 aromatic carbocycles. The number of ether oxygens (including phenoxy) is 1. The number of hydrogen-bond acceptors (Lipinski definition) is 3. The third-order valence-corrected chi connectivity index (χ3v) is 5.21. The van der Waals surface area contributed by atoms with E-state index in [-0.39, 0.29) is 0 Å². The predicted molar refractivity (Wildman–Crippen MR) is 86.9 cm³/mol. The van der Waals surface area contributed by atoms with E-state index in [1.165, 1.54) is 30.4 Å². The maximum Gasteiger partial charge on any atom is 0.127 e. The SMILES string of the molecule is CCN(Cc1cc(Cl)cc2c1OCC2)C1CCCC1CN. The van der Waals surface area contributed by atoms with Gasteiger partial charge in [-0.3, -0.25) is 4.90 Å². The van der Waals surface area contributed by atoms with Crippen molar-refractivity contribution < 1.29 is 4.74 Å². The van der Waals surface area contributed by atoms with Gasteiger partial charge in [0.1, 0.15) is 5.75 Å². The predicted octanol–water partition coefficient (Wildman–Crippen LogP) is 3.22. The number of fused-ring (bicyclic) bond motifs is 1. The van der Waals surface area contributed by atoms with Crippen molar-refractivity contribution in [2.75, 3.05) is 19.7 Å². The molecule has 3 nitrogen and oxygen atoms in total. The van der Waals surface area contributed by atoms with E-state index < -0.39 is 0 Å².